The van der Waals surface area contributed by atoms with Gasteiger partial charge in [0.25, 0.3) is 0 Å². The van der Waals surface area contributed by atoms with Gasteiger partial charge in [0.15, 0.2) is 0 Å². The predicted molar refractivity (Wildman–Crippen MR) is 30.2 cm³/mol. The van der Waals surface area contributed by atoms with E-state index in [1.807, 2.05) is 0 Å². The normalized spacial score (nSPS) is 4.50. The maximum atomic E-state index is 8.25. The average molecular weight is 203 g/mol. The van der Waals surface area contributed by atoms with E-state index in [-0.39, 0.29) is 23.8 Å². The van der Waals surface area contributed by atoms with Crippen LogP contribution in [0.2, 0.25) is 0 Å². The van der Waals surface area contributed by atoms with E-state index in [1.165, 1.54) is 0 Å². The number of carbonyl (C=O) groups excluding carboxylic acids is 1. The molecule has 0 aliphatic rings. The van der Waals surface area contributed by atoms with Gasteiger partial charge in [0.05, 0.1) is 0 Å². The standard InChI is InChI=1S/CH3NS2.CH2O2.Zn/c2-1(3)4;2-1-3;/h(H3,2,3,4);1H,(H,2,3);/q;;+2/p-2. The van der Waals surface area contributed by atoms with Gasteiger partial charge in [-0.15, -0.1) is 0 Å². The van der Waals surface area contributed by atoms with E-state index in [0.717, 1.165) is 0 Å². The molecule has 0 aromatic heterocycles. The molecule has 2 N–H and O–H groups in total. The molecule has 42 valence electrons. The number of carboxylic acid groups (broad SMARTS) is 1. The van der Waals surface area contributed by atoms with Crippen molar-refractivity contribution in [3.05, 3.63) is 0 Å². The van der Waals surface area contributed by atoms with Crippen LogP contribution in [0.4, 0.5) is 0 Å². The molecule has 0 saturated carbocycles. The van der Waals surface area contributed by atoms with Gasteiger partial charge in [-0.1, -0.05) is 4.32 Å². The zero-order valence-corrected chi connectivity index (χ0v) is 8.59. The topological polar surface area (TPSA) is 66.2 Å². The van der Waals surface area contributed by atoms with Crippen LogP contribution in [0.3, 0.4) is 0 Å². The van der Waals surface area contributed by atoms with Crippen LogP contribution in [0.25, 0.3) is 0 Å². The molecule has 0 heterocycles. The molecular weight excluding hydrogens is 200 g/mol. The Labute approximate surface area is 70.8 Å². The summed E-state index contributed by atoms with van der Waals surface area (Å²) in [4.78, 5) is 8.25. The summed E-state index contributed by atoms with van der Waals surface area (Å²) in [7, 11) is 0. The maximum Gasteiger partial charge on any atom is 2.00 e. The van der Waals surface area contributed by atoms with Crippen molar-refractivity contribution in [2.45, 2.75) is 0 Å². The Bertz CT molecular complexity index is 65.1. The maximum absolute atomic E-state index is 8.25. The van der Waals surface area contributed by atoms with Crippen molar-refractivity contribution in [2.75, 3.05) is 0 Å². The van der Waals surface area contributed by atoms with Gasteiger partial charge in [-0.25, -0.2) is 0 Å². The van der Waals surface area contributed by atoms with Gasteiger partial charge in [-0.05, 0) is 0 Å². The van der Waals surface area contributed by atoms with E-state index in [9.17, 15) is 0 Å². The van der Waals surface area contributed by atoms with E-state index in [4.69, 9.17) is 9.90 Å². The number of carbonyl (C=O) groups is 1. The second kappa shape index (κ2) is 15.7. The van der Waals surface area contributed by atoms with Crippen LogP contribution < -0.4 is 10.8 Å². The molecule has 3 nitrogen and oxygen atoms in total. The van der Waals surface area contributed by atoms with E-state index in [2.05, 4.69) is 30.6 Å². The molecule has 0 atom stereocenters. The third kappa shape index (κ3) is 4060. The number of hydrogen-bond donors (Lipinski definition) is 1. The summed E-state index contributed by atoms with van der Waals surface area (Å²) in [5.74, 6) is 0. The summed E-state index contributed by atoms with van der Waals surface area (Å²) >= 11 is 8.26. The Balaban J connectivity index is -0.0000000575. The van der Waals surface area contributed by atoms with Crippen molar-refractivity contribution in [3.63, 3.8) is 0 Å². The first-order valence-electron chi connectivity index (χ1n) is 1.17. The second-order valence-electron chi connectivity index (χ2n) is 0.415. The van der Waals surface area contributed by atoms with Crippen LogP contribution in [0.5, 0.6) is 0 Å². The molecule has 0 aromatic rings. The molecule has 0 unspecified atom stereocenters. The fourth-order valence-electron chi connectivity index (χ4n) is 0. The largest absolute Gasteiger partial charge is 2.00 e. The second-order valence-corrected chi connectivity index (χ2v) is 1.55. The summed E-state index contributed by atoms with van der Waals surface area (Å²) in [5.41, 5.74) is 4.66. The Morgan fingerprint density at radius 3 is 1.88 bits per heavy atom. The molecule has 0 amide bonds. The average Bonchev–Trinajstić information content (AvgIpc) is 1.33. The van der Waals surface area contributed by atoms with Crippen LogP contribution in [0, 0.1) is 0 Å². The summed E-state index contributed by atoms with van der Waals surface area (Å²) in [6, 6.07) is 0. The van der Waals surface area contributed by atoms with Crippen LogP contribution in [-0.2, 0) is 36.9 Å². The Morgan fingerprint density at radius 2 is 1.88 bits per heavy atom. The van der Waals surface area contributed by atoms with Gasteiger partial charge >= 0.3 is 19.5 Å². The molecule has 0 aliphatic heterocycles. The zero-order valence-electron chi connectivity index (χ0n) is 3.99. The molecule has 0 aliphatic carbocycles. The van der Waals surface area contributed by atoms with Crippen molar-refractivity contribution in [1.29, 1.82) is 0 Å². The van der Waals surface area contributed by atoms with Crippen molar-refractivity contribution in [1.82, 2.24) is 0 Å². The minimum atomic E-state index is -0.500. The molecule has 0 spiro atoms. The van der Waals surface area contributed by atoms with E-state index >= 15 is 0 Å². The molecule has 0 radical (unpaired) electrons. The Hall–Kier alpha value is 0.203. The summed E-state index contributed by atoms with van der Waals surface area (Å²) < 4.78 is 0.0833. The van der Waals surface area contributed by atoms with Gasteiger partial charge in [0.1, 0.15) is 0 Å². The van der Waals surface area contributed by atoms with Gasteiger partial charge in [0.2, 0.25) is 0 Å². The minimum Gasteiger partial charge on any atom is -0.554 e. The van der Waals surface area contributed by atoms with Crippen LogP contribution in [-0.4, -0.2) is 10.8 Å². The number of rotatable bonds is 0. The van der Waals surface area contributed by atoms with Gasteiger partial charge in [-0.2, -0.15) is 0 Å². The van der Waals surface area contributed by atoms with Gasteiger partial charge in [0, 0.05) is 6.47 Å². The smallest absolute Gasteiger partial charge is 0.554 e. The Kier molecular flexibility index (Phi) is 30.8. The monoisotopic (exact) mass is 201 g/mol. The number of nitrogens with two attached hydrogens (primary N) is 1. The van der Waals surface area contributed by atoms with Crippen molar-refractivity contribution in [2.24, 2.45) is 5.73 Å². The molecule has 0 rings (SSSR count). The fraction of sp³-hybridized carbons (Fsp3) is 0. The summed E-state index contributed by atoms with van der Waals surface area (Å²) in [5, 5.41) is 8.25. The first-order chi connectivity index (χ1) is 3.15. The summed E-state index contributed by atoms with van der Waals surface area (Å²) in [6.45, 7) is -0.500. The fourth-order valence-corrected chi connectivity index (χ4v) is 0. The molecule has 0 bridgehead atoms. The zero-order chi connectivity index (χ0) is 6.28. The van der Waals surface area contributed by atoms with Crippen LogP contribution >= 0.6 is 12.2 Å². The van der Waals surface area contributed by atoms with E-state index in [0.29, 0.717) is 0 Å². The first kappa shape index (κ1) is 15.7. The molecule has 0 aromatic carbocycles. The van der Waals surface area contributed by atoms with Gasteiger partial charge in [-0.3, -0.25) is 0 Å². The van der Waals surface area contributed by atoms with E-state index in [1.54, 1.807) is 0 Å². The molecule has 0 fully saturated rings. The van der Waals surface area contributed by atoms with Crippen molar-refractivity contribution in [3.8, 4) is 0 Å². The third-order valence-electron chi connectivity index (χ3n) is 0. The Morgan fingerprint density at radius 1 is 1.88 bits per heavy atom. The van der Waals surface area contributed by atoms with Crippen LogP contribution in [0.1, 0.15) is 0 Å². The predicted octanol–water partition coefficient (Wildman–Crippen LogP) is -1.86. The van der Waals surface area contributed by atoms with Crippen molar-refractivity contribution >= 4 is 35.6 Å². The van der Waals surface area contributed by atoms with Crippen molar-refractivity contribution < 1.29 is 29.4 Å². The first-order valence-corrected chi connectivity index (χ1v) is 1.98. The van der Waals surface area contributed by atoms with E-state index < -0.39 is 6.47 Å². The molecular formula is C2H3NO2S2Zn. The molecule has 0 saturated heterocycles. The summed E-state index contributed by atoms with van der Waals surface area (Å²) in [6.07, 6.45) is 0. The minimum absolute atomic E-state index is 0. The third-order valence-corrected chi connectivity index (χ3v) is 0. The molecule has 8 heavy (non-hydrogen) atoms. The SMILES string of the molecule is NC(=S)[S-].O=C[O-].[Zn+2]. The van der Waals surface area contributed by atoms with Gasteiger partial charge < -0.3 is 40.5 Å². The number of hydrogen-bond acceptors (Lipinski definition) is 4. The van der Waals surface area contributed by atoms with Crippen LogP contribution in [0.15, 0.2) is 0 Å². The quantitative estimate of drug-likeness (QED) is 0.216. The molecule has 6 heteroatoms. The number of thiocarbonyl (C=S) groups is 1.